The first-order chi connectivity index (χ1) is 17.6. The number of morpholine rings is 1. The summed E-state index contributed by atoms with van der Waals surface area (Å²) in [4.78, 5) is 2.36. The van der Waals surface area contributed by atoms with Gasteiger partial charge < -0.3 is 19.0 Å². The highest BCUT2D eigenvalue weighted by atomic mass is 35.5. The van der Waals surface area contributed by atoms with Gasteiger partial charge in [-0.2, -0.15) is 0 Å². The normalized spacial score (nSPS) is 15.2. The van der Waals surface area contributed by atoms with Crippen LogP contribution in [0.4, 0.5) is 0 Å². The Kier molecular flexibility index (Phi) is 7.61. The van der Waals surface area contributed by atoms with Crippen molar-refractivity contribution in [3.8, 4) is 11.5 Å². The average molecular weight is 504 g/mol. The summed E-state index contributed by atoms with van der Waals surface area (Å²) in [6.45, 7) is 7.20. The molecule has 1 aromatic heterocycles. The fourth-order valence-electron chi connectivity index (χ4n) is 4.70. The molecule has 5 rings (SSSR count). The standard InChI is InChI=1S/C30H30ClNO4/c1-2-27(23-7-12-28-24(19-23)20-29(31)36-28)30(21-3-8-25(33)9-4-21)22-5-10-26(11-6-22)35-18-15-32-13-16-34-17-14-32/h3-12,19-20,33H,2,13-18H2,1H3/b30-27-. The maximum absolute atomic E-state index is 9.89. The molecule has 36 heavy (non-hydrogen) atoms. The van der Waals surface area contributed by atoms with Crippen molar-refractivity contribution >= 4 is 33.7 Å². The molecule has 1 N–H and O–H groups in total. The van der Waals surface area contributed by atoms with Crippen LogP contribution < -0.4 is 4.74 Å². The van der Waals surface area contributed by atoms with Crippen molar-refractivity contribution in [3.05, 3.63) is 94.7 Å². The Bertz CT molecular complexity index is 1340. The predicted octanol–water partition coefficient (Wildman–Crippen LogP) is 6.87. The number of fused-ring (bicyclic) bond motifs is 1. The van der Waals surface area contributed by atoms with Gasteiger partial charge in [0.25, 0.3) is 0 Å². The van der Waals surface area contributed by atoms with E-state index in [2.05, 4.69) is 36.1 Å². The summed E-state index contributed by atoms with van der Waals surface area (Å²) in [5.41, 5.74) is 6.31. The zero-order valence-corrected chi connectivity index (χ0v) is 21.1. The third kappa shape index (κ3) is 5.59. The van der Waals surface area contributed by atoms with E-state index in [0.29, 0.717) is 11.8 Å². The van der Waals surface area contributed by atoms with Gasteiger partial charge in [0, 0.05) is 31.1 Å². The molecule has 0 bridgehead atoms. The number of halogens is 1. The molecule has 1 aliphatic heterocycles. The quantitative estimate of drug-likeness (QED) is 0.266. The van der Waals surface area contributed by atoms with E-state index >= 15 is 0 Å². The first-order valence-corrected chi connectivity index (χ1v) is 12.7. The first kappa shape index (κ1) is 24.4. The molecule has 2 heterocycles. The Morgan fingerprint density at radius 2 is 1.58 bits per heavy atom. The number of ether oxygens (including phenoxy) is 2. The molecule has 1 aliphatic rings. The number of rotatable bonds is 8. The van der Waals surface area contributed by atoms with Crippen molar-refractivity contribution in [1.82, 2.24) is 4.90 Å². The number of hydrogen-bond donors (Lipinski definition) is 1. The van der Waals surface area contributed by atoms with Crippen LogP contribution >= 0.6 is 11.6 Å². The van der Waals surface area contributed by atoms with E-state index in [1.165, 1.54) is 5.57 Å². The van der Waals surface area contributed by atoms with Gasteiger partial charge in [0.05, 0.1) is 13.2 Å². The van der Waals surface area contributed by atoms with Crippen LogP contribution in [0, 0.1) is 0 Å². The van der Waals surface area contributed by atoms with E-state index in [-0.39, 0.29) is 5.75 Å². The van der Waals surface area contributed by atoms with Crippen LogP contribution in [0.15, 0.2) is 77.2 Å². The van der Waals surface area contributed by atoms with E-state index in [9.17, 15) is 5.11 Å². The average Bonchev–Trinajstić information content (AvgIpc) is 3.28. The Hall–Kier alpha value is -3.25. The van der Waals surface area contributed by atoms with E-state index in [0.717, 1.165) is 78.3 Å². The third-order valence-electron chi connectivity index (χ3n) is 6.57. The minimum Gasteiger partial charge on any atom is -0.508 e. The van der Waals surface area contributed by atoms with Crippen LogP contribution in [-0.2, 0) is 4.74 Å². The van der Waals surface area contributed by atoms with Gasteiger partial charge in [-0.15, -0.1) is 0 Å². The summed E-state index contributed by atoms with van der Waals surface area (Å²) >= 11 is 6.09. The second-order valence-electron chi connectivity index (χ2n) is 8.88. The molecule has 3 aromatic carbocycles. The SMILES string of the molecule is CC/C(=C(\c1ccc(O)cc1)c1ccc(OCCN2CCOCC2)cc1)c1ccc2oc(Cl)cc2c1. The molecule has 5 nitrogen and oxygen atoms in total. The van der Waals surface area contributed by atoms with E-state index in [1.807, 2.05) is 36.4 Å². The Morgan fingerprint density at radius 3 is 2.28 bits per heavy atom. The molecule has 0 atom stereocenters. The van der Waals surface area contributed by atoms with Crippen molar-refractivity contribution in [2.24, 2.45) is 0 Å². The van der Waals surface area contributed by atoms with Crippen molar-refractivity contribution < 1.29 is 19.0 Å². The minimum absolute atomic E-state index is 0.245. The Labute approximate surface area is 216 Å². The Morgan fingerprint density at radius 1 is 0.917 bits per heavy atom. The topological polar surface area (TPSA) is 55.1 Å². The summed E-state index contributed by atoms with van der Waals surface area (Å²) in [7, 11) is 0. The molecule has 0 spiro atoms. The summed E-state index contributed by atoms with van der Waals surface area (Å²) < 4.78 is 17.0. The van der Waals surface area contributed by atoms with Crippen LogP contribution in [0.2, 0.25) is 5.22 Å². The number of allylic oxidation sites excluding steroid dienone is 1. The predicted molar refractivity (Wildman–Crippen MR) is 145 cm³/mol. The lowest BCUT2D eigenvalue weighted by Crippen LogP contribution is -2.38. The molecule has 0 saturated carbocycles. The molecule has 0 radical (unpaired) electrons. The molecule has 0 amide bonds. The number of furan rings is 1. The minimum atomic E-state index is 0.245. The monoisotopic (exact) mass is 503 g/mol. The zero-order chi connectivity index (χ0) is 24.9. The number of nitrogens with zero attached hydrogens (tertiary/aromatic N) is 1. The van der Waals surface area contributed by atoms with Gasteiger partial charge in [-0.1, -0.05) is 37.3 Å². The van der Waals surface area contributed by atoms with Gasteiger partial charge in [0.15, 0.2) is 5.22 Å². The van der Waals surface area contributed by atoms with Crippen molar-refractivity contribution in [2.45, 2.75) is 13.3 Å². The third-order valence-corrected chi connectivity index (χ3v) is 6.76. The van der Waals surface area contributed by atoms with E-state index in [1.54, 1.807) is 12.1 Å². The molecule has 6 heteroatoms. The second-order valence-corrected chi connectivity index (χ2v) is 9.26. The summed E-state index contributed by atoms with van der Waals surface area (Å²) in [5.74, 6) is 1.10. The number of benzene rings is 3. The van der Waals surface area contributed by atoms with Gasteiger partial charge in [-0.05, 0) is 82.3 Å². The molecule has 186 valence electrons. The highest BCUT2D eigenvalue weighted by molar-refractivity contribution is 6.29. The van der Waals surface area contributed by atoms with Gasteiger partial charge in [0.2, 0.25) is 0 Å². The van der Waals surface area contributed by atoms with Crippen molar-refractivity contribution in [1.29, 1.82) is 0 Å². The maximum Gasteiger partial charge on any atom is 0.194 e. The van der Waals surface area contributed by atoms with E-state index in [4.69, 9.17) is 25.5 Å². The molecule has 4 aromatic rings. The molecule has 0 aliphatic carbocycles. The summed E-state index contributed by atoms with van der Waals surface area (Å²) in [5, 5.41) is 11.2. The Balaban J connectivity index is 1.46. The fourth-order valence-corrected chi connectivity index (χ4v) is 4.90. The summed E-state index contributed by atoms with van der Waals surface area (Å²) in [6, 6.07) is 23.6. The molecule has 1 fully saturated rings. The first-order valence-electron chi connectivity index (χ1n) is 12.4. The van der Waals surface area contributed by atoms with Crippen LogP contribution in [0.25, 0.3) is 22.1 Å². The number of hydrogen-bond acceptors (Lipinski definition) is 5. The maximum atomic E-state index is 9.89. The van der Waals surface area contributed by atoms with Crippen molar-refractivity contribution in [2.75, 3.05) is 39.5 Å². The molecule has 0 unspecified atom stereocenters. The highest BCUT2D eigenvalue weighted by Crippen LogP contribution is 2.37. The molecule has 1 saturated heterocycles. The van der Waals surface area contributed by atoms with Crippen LogP contribution in [0.3, 0.4) is 0 Å². The van der Waals surface area contributed by atoms with Gasteiger partial charge >= 0.3 is 0 Å². The molecular formula is C30H30ClNO4. The smallest absolute Gasteiger partial charge is 0.194 e. The number of phenolic OH excluding ortho intramolecular Hbond substituents is 1. The zero-order valence-electron chi connectivity index (χ0n) is 20.4. The van der Waals surface area contributed by atoms with Crippen LogP contribution in [0.1, 0.15) is 30.0 Å². The van der Waals surface area contributed by atoms with Gasteiger partial charge in [-0.25, -0.2) is 0 Å². The lowest BCUT2D eigenvalue weighted by molar-refractivity contribution is 0.0322. The van der Waals surface area contributed by atoms with Crippen molar-refractivity contribution in [3.63, 3.8) is 0 Å². The van der Waals surface area contributed by atoms with E-state index < -0.39 is 0 Å². The van der Waals surface area contributed by atoms with Gasteiger partial charge in [-0.3, -0.25) is 4.90 Å². The lowest BCUT2D eigenvalue weighted by atomic mass is 9.88. The number of aromatic hydroxyl groups is 1. The second kappa shape index (κ2) is 11.2. The largest absolute Gasteiger partial charge is 0.508 e. The lowest BCUT2D eigenvalue weighted by Gasteiger charge is -2.26. The fraction of sp³-hybridized carbons (Fsp3) is 0.267. The van der Waals surface area contributed by atoms with Gasteiger partial charge in [0.1, 0.15) is 23.7 Å². The highest BCUT2D eigenvalue weighted by Gasteiger charge is 2.15. The van der Waals surface area contributed by atoms with Crippen LogP contribution in [-0.4, -0.2) is 49.5 Å². The molecular weight excluding hydrogens is 474 g/mol. The van der Waals surface area contributed by atoms with Crippen LogP contribution in [0.5, 0.6) is 11.5 Å². The number of phenols is 1. The summed E-state index contributed by atoms with van der Waals surface area (Å²) in [6.07, 6.45) is 0.825.